The van der Waals surface area contributed by atoms with Crippen LogP contribution in [0.15, 0.2) is 0 Å². The first kappa shape index (κ1) is 26.5. The van der Waals surface area contributed by atoms with E-state index in [0.29, 0.717) is 12.7 Å². The summed E-state index contributed by atoms with van der Waals surface area (Å²) in [6.07, 6.45) is 23.8. The van der Waals surface area contributed by atoms with Crippen LogP contribution in [0.5, 0.6) is 0 Å². The Balaban J connectivity index is 1.43. The average Bonchev–Trinajstić information content (AvgIpc) is 2.85. The van der Waals surface area contributed by atoms with E-state index < -0.39 is 0 Å². The molecule has 0 aromatic heterocycles. The fourth-order valence-corrected chi connectivity index (χ4v) is 7.91. The molecule has 3 rings (SSSR count). The van der Waals surface area contributed by atoms with Gasteiger partial charge in [-0.25, -0.2) is 0 Å². The zero-order valence-corrected chi connectivity index (χ0v) is 21.9. The highest BCUT2D eigenvalue weighted by Gasteiger charge is 2.40. The minimum absolute atomic E-state index is 0.370. The molecular weight excluding hydrogens is 392 g/mol. The molecule has 6 unspecified atom stereocenters. The van der Waals surface area contributed by atoms with Gasteiger partial charge in [0, 0.05) is 13.2 Å². The first-order chi connectivity index (χ1) is 15.7. The number of aliphatic hydroxyl groups is 1. The largest absolute Gasteiger partial charge is 0.396 e. The predicted octanol–water partition coefficient (Wildman–Crippen LogP) is 8.41. The Labute approximate surface area is 200 Å². The standard InChI is InChI=1S/C30H56O2/c1-4-23-11-13-25(14-12-23)22-32-28-16-18-30(27(6-3)21-28)29-17-15-24(20-26(29)5-2)10-8-7-9-19-31/h23-31H,4-22H2,1-3H3. The second kappa shape index (κ2) is 14.3. The molecule has 188 valence electrons. The summed E-state index contributed by atoms with van der Waals surface area (Å²) in [5.41, 5.74) is 0. The molecule has 2 heteroatoms. The third-order valence-corrected chi connectivity index (χ3v) is 10.1. The average molecular weight is 449 g/mol. The highest BCUT2D eigenvalue weighted by Crippen LogP contribution is 2.48. The first-order valence-corrected chi connectivity index (χ1v) is 14.9. The summed E-state index contributed by atoms with van der Waals surface area (Å²) in [6, 6.07) is 0. The fourth-order valence-electron chi connectivity index (χ4n) is 7.91. The highest BCUT2D eigenvalue weighted by molar-refractivity contribution is 4.90. The first-order valence-electron chi connectivity index (χ1n) is 14.9. The van der Waals surface area contributed by atoms with E-state index in [1.54, 1.807) is 0 Å². The van der Waals surface area contributed by atoms with Crippen LogP contribution in [0, 0.1) is 41.4 Å². The minimum atomic E-state index is 0.370. The Morgan fingerprint density at radius 3 is 1.91 bits per heavy atom. The molecule has 0 spiro atoms. The Kier molecular flexibility index (Phi) is 11.9. The molecule has 3 fully saturated rings. The van der Waals surface area contributed by atoms with E-state index in [-0.39, 0.29) is 0 Å². The van der Waals surface area contributed by atoms with E-state index in [1.807, 2.05) is 0 Å². The number of aliphatic hydroxyl groups excluding tert-OH is 1. The van der Waals surface area contributed by atoms with Gasteiger partial charge in [-0.1, -0.05) is 78.6 Å². The number of ether oxygens (including phenoxy) is 1. The lowest BCUT2D eigenvalue weighted by atomic mass is 9.60. The van der Waals surface area contributed by atoms with Gasteiger partial charge in [-0.2, -0.15) is 0 Å². The maximum Gasteiger partial charge on any atom is 0.0578 e. The molecule has 2 nitrogen and oxygen atoms in total. The maximum absolute atomic E-state index is 9.04. The van der Waals surface area contributed by atoms with Gasteiger partial charge in [0.15, 0.2) is 0 Å². The van der Waals surface area contributed by atoms with E-state index in [0.717, 1.165) is 54.5 Å². The summed E-state index contributed by atoms with van der Waals surface area (Å²) in [5, 5.41) is 9.04. The molecule has 0 aromatic rings. The van der Waals surface area contributed by atoms with Crippen LogP contribution in [0.3, 0.4) is 0 Å². The summed E-state index contributed by atoms with van der Waals surface area (Å²) in [6.45, 7) is 8.67. The van der Waals surface area contributed by atoms with Crippen molar-refractivity contribution < 1.29 is 9.84 Å². The van der Waals surface area contributed by atoms with Gasteiger partial charge in [-0.3, -0.25) is 0 Å². The van der Waals surface area contributed by atoms with Crippen molar-refractivity contribution in [2.45, 2.75) is 136 Å². The molecule has 0 aliphatic heterocycles. The van der Waals surface area contributed by atoms with Gasteiger partial charge in [0.25, 0.3) is 0 Å². The van der Waals surface area contributed by atoms with Gasteiger partial charge < -0.3 is 9.84 Å². The van der Waals surface area contributed by atoms with Gasteiger partial charge in [0.2, 0.25) is 0 Å². The van der Waals surface area contributed by atoms with Crippen LogP contribution in [0.4, 0.5) is 0 Å². The lowest BCUT2D eigenvalue weighted by molar-refractivity contribution is -0.0459. The highest BCUT2D eigenvalue weighted by atomic mass is 16.5. The monoisotopic (exact) mass is 448 g/mol. The summed E-state index contributed by atoms with van der Waals surface area (Å²) in [4.78, 5) is 0. The van der Waals surface area contributed by atoms with Crippen LogP contribution >= 0.6 is 0 Å². The Morgan fingerprint density at radius 1 is 0.625 bits per heavy atom. The van der Waals surface area contributed by atoms with Crippen LogP contribution < -0.4 is 0 Å². The van der Waals surface area contributed by atoms with Crippen molar-refractivity contribution >= 4 is 0 Å². The Morgan fingerprint density at radius 2 is 1.25 bits per heavy atom. The van der Waals surface area contributed by atoms with Crippen molar-refractivity contribution in [3.63, 3.8) is 0 Å². The van der Waals surface area contributed by atoms with Gasteiger partial charge in [-0.15, -0.1) is 0 Å². The molecule has 3 aliphatic carbocycles. The van der Waals surface area contributed by atoms with E-state index in [4.69, 9.17) is 9.84 Å². The van der Waals surface area contributed by atoms with Crippen molar-refractivity contribution in [3.05, 3.63) is 0 Å². The molecule has 3 aliphatic rings. The summed E-state index contributed by atoms with van der Waals surface area (Å²) >= 11 is 0. The molecule has 0 heterocycles. The second-order valence-corrected chi connectivity index (χ2v) is 12.0. The maximum atomic E-state index is 9.04. The lowest BCUT2D eigenvalue weighted by Crippen LogP contribution is -2.39. The van der Waals surface area contributed by atoms with Gasteiger partial charge in [0.1, 0.15) is 0 Å². The molecule has 0 radical (unpaired) electrons. The number of rotatable bonds is 12. The van der Waals surface area contributed by atoms with Crippen molar-refractivity contribution in [1.82, 2.24) is 0 Å². The van der Waals surface area contributed by atoms with Gasteiger partial charge in [0.05, 0.1) is 6.10 Å². The molecule has 0 amide bonds. The molecule has 0 bridgehead atoms. The second-order valence-electron chi connectivity index (χ2n) is 12.0. The SMILES string of the molecule is CCC1CCC(COC2CCC(C3CCC(CCCCCO)CC3CC)C(CC)C2)CC1. The molecule has 3 saturated carbocycles. The number of hydrogen-bond donors (Lipinski definition) is 1. The predicted molar refractivity (Wildman–Crippen MR) is 137 cm³/mol. The fraction of sp³-hybridized carbons (Fsp3) is 1.00. The number of hydrogen-bond acceptors (Lipinski definition) is 2. The van der Waals surface area contributed by atoms with Gasteiger partial charge in [-0.05, 0) is 92.8 Å². The molecule has 6 atom stereocenters. The molecular formula is C30H56O2. The number of unbranched alkanes of at least 4 members (excludes halogenated alkanes) is 2. The summed E-state index contributed by atoms with van der Waals surface area (Å²) in [7, 11) is 0. The van der Waals surface area contributed by atoms with E-state index in [9.17, 15) is 0 Å². The van der Waals surface area contributed by atoms with Crippen LogP contribution in [0.25, 0.3) is 0 Å². The van der Waals surface area contributed by atoms with Gasteiger partial charge >= 0.3 is 0 Å². The normalized spacial score (nSPS) is 38.6. The van der Waals surface area contributed by atoms with Crippen LogP contribution in [0.2, 0.25) is 0 Å². The molecule has 0 aromatic carbocycles. The summed E-state index contributed by atoms with van der Waals surface area (Å²) in [5.74, 6) is 6.57. The van der Waals surface area contributed by atoms with Crippen molar-refractivity contribution in [3.8, 4) is 0 Å². The smallest absolute Gasteiger partial charge is 0.0578 e. The lowest BCUT2D eigenvalue weighted by Gasteiger charge is -2.46. The molecule has 32 heavy (non-hydrogen) atoms. The Hall–Kier alpha value is -0.0800. The van der Waals surface area contributed by atoms with E-state index >= 15 is 0 Å². The zero-order valence-electron chi connectivity index (χ0n) is 21.9. The topological polar surface area (TPSA) is 29.5 Å². The van der Waals surface area contributed by atoms with E-state index in [1.165, 1.54) is 103 Å². The van der Waals surface area contributed by atoms with E-state index in [2.05, 4.69) is 20.8 Å². The Bertz CT molecular complexity index is 483. The van der Waals surface area contributed by atoms with Crippen molar-refractivity contribution in [1.29, 1.82) is 0 Å². The summed E-state index contributed by atoms with van der Waals surface area (Å²) < 4.78 is 6.58. The zero-order chi connectivity index (χ0) is 22.8. The van der Waals surface area contributed by atoms with Crippen LogP contribution in [0.1, 0.15) is 130 Å². The molecule has 1 N–H and O–H groups in total. The molecule has 0 saturated heterocycles. The van der Waals surface area contributed by atoms with Crippen LogP contribution in [-0.4, -0.2) is 24.4 Å². The van der Waals surface area contributed by atoms with Crippen LogP contribution in [-0.2, 0) is 4.74 Å². The van der Waals surface area contributed by atoms with Crippen molar-refractivity contribution in [2.75, 3.05) is 13.2 Å². The van der Waals surface area contributed by atoms with Crippen molar-refractivity contribution in [2.24, 2.45) is 41.4 Å². The third kappa shape index (κ3) is 7.72. The quantitative estimate of drug-likeness (QED) is 0.304. The minimum Gasteiger partial charge on any atom is -0.396 e. The third-order valence-electron chi connectivity index (χ3n) is 10.1.